The van der Waals surface area contributed by atoms with E-state index < -0.39 is 0 Å². The molecule has 5 heteroatoms. The highest BCUT2D eigenvalue weighted by atomic mass is 127. The minimum absolute atomic E-state index is 0.0712. The topological polar surface area (TPSA) is 62.5 Å². The number of aliphatic hydroxyl groups excluding tert-OH is 1. The molecule has 1 heterocycles. The number of carbonyl (C=O) groups excluding carboxylic acids is 1. The molecular weight excluding hydrogens is 309 g/mol. The number of carbonyl (C=O) groups is 1. The average molecular weight is 321 g/mol. The maximum Gasteiger partial charge on any atom is 0.244 e. The fourth-order valence-corrected chi connectivity index (χ4v) is 1.35. The molecule has 0 bridgehead atoms. The zero-order chi connectivity index (χ0) is 11.3. The molecule has 0 saturated carbocycles. The van der Waals surface area contributed by atoms with Crippen LogP contribution in [0, 0.1) is 3.77 Å². The van der Waals surface area contributed by atoms with E-state index >= 15 is 0 Å². The lowest BCUT2D eigenvalue weighted by Gasteiger charge is -2.07. The summed E-state index contributed by atoms with van der Waals surface area (Å²) in [6, 6.07) is 3.36. The third-order valence-corrected chi connectivity index (χ3v) is 2.24. The van der Waals surface area contributed by atoms with Gasteiger partial charge in [0.25, 0.3) is 0 Å². The van der Waals surface area contributed by atoms with E-state index in [-0.39, 0.29) is 18.6 Å². The summed E-state index contributed by atoms with van der Waals surface area (Å²) in [5.74, 6) is 0.383. The lowest BCUT2D eigenvalue weighted by atomic mass is 10.3. The van der Waals surface area contributed by atoms with Crippen molar-refractivity contribution in [3.63, 3.8) is 0 Å². The van der Waals surface area contributed by atoms with Crippen LogP contribution in [0.3, 0.4) is 0 Å². The molecule has 15 heavy (non-hydrogen) atoms. The highest BCUT2D eigenvalue weighted by Gasteiger charge is 2.02. The summed E-state index contributed by atoms with van der Waals surface area (Å²) in [6.07, 6.45) is 2.96. The second-order valence-electron chi connectivity index (χ2n) is 3.07. The van der Waals surface area contributed by atoms with Gasteiger partial charge in [-0.25, -0.2) is 0 Å². The van der Waals surface area contributed by atoms with Gasteiger partial charge in [-0.3, -0.25) is 4.79 Å². The van der Waals surface area contributed by atoms with Gasteiger partial charge in [-0.05, 0) is 47.7 Å². The molecule has 82 valence electrons. The SMILES string of the molecule is CC(CO)NC(=O)/C=C/c1ccc(I)o1. The van der Waals surface area contributed by atoms with E-state index in [0.29, 0.717) is 5.76 Å². The van der Waals surface area contributed by atoms with Gasteiger partial charge in [0.05, 0.1) is 6.61 Å². The summed E-state index contributed by atoms with van der Waals surface area (Å²) in [4.78, 5) is 11.2. The summed E-state index contributed by atoms with van der Waals surface area (Å²) >= 11 is 2.05. The van der Waals surface area contributed by atoms with E-state index in [1.807, 2.05) is 28.7 Å². The van der Waals surface area contributed by atoms with Crippen molar-refractivity contribution in [3.05, 3.63) is 27.7 Å². The molecule has 1 aromatic rings. The van der Waals surface area contributed by atoms with E-state index in [1.54, 1.807) is 19.1 Å². The molecule has 0 aromatic carbocycles. The van der Waals surface area contributed by atoms with E-state index in [9.17, 15) is 4.79 Å². The van der Waals surface area contributed by atoms with Crippen molar-refractivity contribution < 1.29 is 14.3 Å². The fraction of sp³-hybridized carbons (Fsp3) is 0.300. The van der Waals surface area contributed by atoms with Gasteiger partial charge in [-0.15, -0.1) is 0 Å². The van der Waals surface area contributed by atoms with E-state index in [0.717, 1.165) is 3.77 Å². The zero-order valence-electron chi connectivity index (χ0n) is 8.24. The maximum absolute atomic E-state index is 11.2. The Balaban J connectivity index is 2.47. The first kappa shape index (κ1) is 12.3. The Morgan fingerprint density at radius 1 is 1.73 bits per heavy atom. The van der Waals surface area contributed by atoms with Crippen molar-refractivity contribution >= 4 is 34.6 Å². The van der Waals surface area contributed by atoms with Crippen molar-refractivity contribution in [1.82, 2.24) is 5.32 Å². The van der Waals surface area contributed by atoms with E-state index in [1.165, 1.54) is 6.08 Å². The minimum Gasteiger partial charge on any atom is -0.451 e. The van der Waals surface area contributed by atoms with Crippen LogP contribution in [-0.4, -0.2) is 23.7 Å². The molecule has 0 aliphatic heterocycles. The van der Waals surface area contributed by atoms with Crippen molar-refractivity contribution in [2.24, 2.45) is 0 Å². The molecule has 0 radical (unpaired) electrons. The third-order valence-electron chi connectivity index (χ3n) is 1.66. The number of hydrogen-bond donors (Lipinski definition) is 2. The second kappa shape index (κ2) is 5.92. The van der Waals surface area contributed by atoms with Crippen LogP contribution in [0.4, 0.5) is 0 Å². The normalized spacial score (nSPS) is 13.0. The summed E-state index contributed by atoms with van der Waals surface area (Å²) in [5, 5.41) is 11.3. The van der Waals surface area contributed by atoms with Gasteiger partial charge in [0, 0.05) is 12.1 Å². The van der Waals surface area contributed by atoms with Gasteiger partial charge in [-0.2, -0.15) is 0 Å². The van der Waals surface area contributed by atoms with Gasteiger partial charge >= 0.3 is 0 Å². The maximum atomic E-state index is 11.2. The van der Waals surface area contributed by atoms with Crippen LogP contribution in [-0.2, 0) is 4.79 Å². The Morgan fingerprint density at radius 3 is 3.00 bits per heavy atom. The summed E-state index contributed by atoms with van der Waals surface area (Å²) in [6.45, 7) is 1.65. The van der Waals surface area contributed by atoms with Crippen LogP contribution < -0.4 is 5.32 Å². The fourth-order valence-electron chi connectivity index (χ4n) is 0.912. The molecule has 4 nitrogen and oxygen atoms in total. The lowest BCUT2D eigenvalue weighted by Crippen LogP contribution is -2.33. The van der Waals surface area contributed by atoms with Gasteiger partial charge in [0.2, 0.25) is 5.91 Å². The number of amides is 1. The van der Waals surface area contributed by atoms with Gasteiger partial charge in [0.15, 0.2) is 3.77 Å². The number of hydrogen-bond acceptors (Lipinski definition) is 3. The first-order valence-electron chi connectivity index (χ1n) is 4.46. The standard InChI is InChI=1S/C10H12INO3/c1-7(6-13)12-10(14)5-3-8-2-4-9(11)15-8/h2-5,7,13H,6H2,1H3,(H,12,14)/b5-3+. The van der Waals surface area contributed by atoms with Crippen LogP contribution in [0.15, 0.2) is 22.6 Å². The number of rotatable bonds is 4. The predicted molar refractivity (Wildman–Crippen MR) is 65.1 cm³/mol. The Kier molecular flexibility index (Phi) is 4.83. The Morgan fingerprint density at radius 2 is 2.47 bits per heavy atom. The number of furan rings is 1. The quantitative estimate of drug-likeness (QED) is 0.651. The largest absolute Gasteiger partial charge is 0.451 e. The summed E-state index contributed by atoms with van der Waals surface area (Å²) in [5.41, 5.74) is 0. The average Bonchev–Trinajstić information content (AvgIpc) is 2.61. The van der Waals surface area contributed by atoms with E-state index in [4.69, 9.17) is 9.52 Å². The summed E-state index contributed by atoms with van der Waals surface area (Å²) in [7, 11) is 0. The molecule has 2 N–H and O–H groups in total. The highest BCUT2D eigenvalue weighted by molar-refractivity contribution is 14.1. The van der Waals surface area contributed by atoms with Crippen molar-refractivity contribution in [3.8, 4) is 0 Å². The second-order valence-corrected chi connectivity index (χ2v) is 4.13. The Labute approximate surface area is 101 Å². The molecule has 1 aromatic heterocycles. The monoisotopic (exact) mass is 321 g/mol. The van der Waals surface area contributed by atoms with Crippen molar-refractivity contribution in [1.29, 1.82) is 0 Å². The van der Waals surface area contributed by atoms with Gasteiger partial charge in [0.1, 0.15) is 5.76 Å². The van der Waals surface area contributed by atoms with Crippen molar-refractivity contribution in [2.45, 2.75) is 13.0 Å². The van der Waals surface area contributed by atoms with Crippen LogP contribution in [0.1, 0.15) is 12.7 Å². The molecular formula is C10H12INO3. The Bertz CT molecular complexity index is 359. The first-order valence-corrected chi connectivity index (χ1v) is 5.54. The minimum atomic E-state index is -0.247. The first-order chi connectivity index (χ1) is 7.11. The lowest BCUT2D eigenvalue weighted by molar-refractivity contribution is -0.117. The van der Waals surface area contributed by atoms with Crippen LogP contribution in [0.5, 0.6) is 0 Å². The van der Waals surface area contributed by atoms with Crippen LogP contribution in [0.2, 0.25) is 0 Å². The highest BCUT2D eigenvalue weighted by Crippen LogP contribution is 2.11. The summed E-state index contributed by atoms with van der Waals surface area (Å²) < 4.78 is 6.01. The number of halogens is 1. The smallest absolute Gasteiger partial charge is 0.244 e. The van der Waals surface area contributed by atoms with Crippen LogP contribution >= 0.6 is 22.6 Å². The molecule has 1 atom stereocenters. The molecule has 1 amide bonds. The molecule has 1 unspecified atom stereocenters. The molecule has 0 fully saturated rings. The van der Waals surface area contributed by atoms with Gasteiger partial charge in [-0.1, -0.05) is 0 Å². The van der Waals surface area contributed by atoms with Crippen molar-refractivity contribution in [2.75, 3.05) is 6.61 Å². The predicted octanol–water partition coefficient (Wildman–Crippen LogP) is 1.39. The molecule has 0 spiro atoms. The zero-order valence-corrected chi connectivity index (χ0v) is 10.4. The van der Waals surface area contributed by atoms with Gasteiger partial charge < -0.3 is 14.8 Å². The number of nitrogens with one attached hydrogen (secondary N) is 1. The molecule has 0 saturated heterocycles. The molecule has 0 aliphatic carbocycles. The third kappa shape index (κ3) is 4.48. The van der Waals surface area contributed by atoms with E-state index in [2.05, 4.69) is 5.32 Å². The number of aliphatic hydroxyl groups is 1. The van der Waals surface area contributed by atoms with Crippen LogP contribution in [0.25, 0.3) is 6.08 Å². The molecule has 1 rings (SSSR count). The Hall–Kier alpha value is -0.820. The molecule has 0 aliphatic rings.